The second-order valence-electron chi connectivity index (χ2n) is 5.15. The Balaban J connectivity index is 2.19. The largest absolute Gasteiger partial charge is 0.469 e. The Morgan fingerprint density at radius 3 is 2.62 bits per heavy atom. The van der Waals surface area contributed by atoms with Crippen molar-refractivity contribution in [3.05, 3.63) is 0 Å². The number of methoxy groups -OCH3 is 1. The smallest absolute Gasteiger partial charge is 0.305 e. The van der Waals surface area contributed by atoms with Gasteiger partial charge in [0.1, 0.15) is 0 Å². The van der Waals surface area contributed by atoms with Crippen molar-refractivity contribution >= 4 is 11.9 Å². The Morgan fingerprint density at radius 1 is 1.33 bits per heavy atom. The molecule has 1 rings (SSSR count). The van der Waals surface area contributed by atoms with E-state index in [1.54, 1.807) is 0 Å². The fourth-order valence-corrected chi connectivity index (χ4v) is 2.50. The Bertz CT molecular complexity index is 326. The molecule has 0 bridgehead atoms. The van der Waals surface area contributed by atoms with Crippen LogP contribution in [0.2, 0.25) is 0 Å². The van der Waals surface area contributed by atoms with Gasteiger partial charge in [0.15, 0.2) is 5.96 Å². The average molecular weight is 299 g/mol. The Kier molecular flexibility index (Phi) is 8.82. The van der Waals surface area contributed by atoms with Gasteiger partial charge in [-0.3, -0.25) is 9.79 Å². The number of guanidine groups is 1. The summed E-state index contributed by atoms with van der Waals surface area (Å²) in [6, 6.07) is 0. The molecule has 0 aromatic carbocycles. The van der Waals surface area contributed by atoms with E-state index in [1.165, 1.54) is 7.11 Å². The van der Waals surface area contributed by atoms with Gasteiger partial charge in [-0.15, -0.1) is 0 Å². The molecular formula is C15H29N3O3. The molecule has 122 valence electrons. The predicted octanol–water partition coefficient (Wildman–Crippen LogP) is 1.41. The first-order valence-electron chi connectivity index (χ1n) is 7.85. The van der Waals surface area contributed by atoms with Crippen LogP contribution in [0.1, 0.15) is 39.0 Å². The lowest BCUT2D eigenvalue weighted by molar-refractivity contribution is -0.140. The Labute approximate surface area is 127 Å². The van der Waals surface area contributed by atoms with Crippen LogP contribution in [0.5, 0.6) is 0 Å². The topological polar surface area (TPSA) is 63.2 Å². The Morgan fingerprint density at radius 2 is 2.05 bits per heavy atom. The van der Waals surface area contributed by atoms with Gasteiger partial charge < -0.3 is 19.7 Å². The molecule has 1 heterocycles. The van der Waals surface area contributed by atoms with Gasteiger partial charge in [0.25, 0.3) is 0 Å². The van der Waals surface area contributed by atoms with Crippen LogP contribution in [0.25, 0.3) is 0 Å². The highest BCUT2D eigenvalue weighted by Crippen LogP contribution is 2.13. The van der Waals surface area contributed by atoms with Gasteiger partial charge in [0.05, 0.1) is 13.2 Å². The van der Waals surface area contributed by atoms with E-state index in [1.807, 2.05) is 14.0 Å². The summed E-state index contributed by atoms with van der Waals surface area (Å²) in [6.45, 7) is 5.62. The third kappa shape index (κ3) is 6.80. The van der Waals surface area contributed by atoms with E-state index in [2.05, 4.69) is 19.9 Å². The van der Waals surface area contributed by atoms with E-state index < -0.39 is 0 Å². The van der Waals surface area contributed by atoms with E-state index in [0.29, 0.717) is 12.5 Å². The molecule has 0 amide bonds. The molecule has 6 nitrogen and oxygen atoms in total. The van der Waals surface area contributed by atoms with Gasteiger partial charge in [-0.05, 0) is 32.6 Å². The number of hydrogen-bond donors (Lipinski definition) is 1. The number of esters is 1. The van der Waals surface area contributed by atoms with Crippen LogP contribution < -0.4 is 5.32 Å². The van der Waals surface area contributed by atoms with Gasteiger partial charge in [0, 0.05) is 39.7 Å². The van der Waals surface area contributed by atoms with Crippen LogP contribution in [-0.4, -0.2) is 63.3 Å². The summed E-state index contributed by atoms with van der Waals surface area (Å²) in [5, 5.41) is 3.36. The molecule has 1 aliphatic heterocycles. The maximum absolute atomic E-state index is 11.0. The first-order chi connectivity index (χ1) is 10.2. The fraction of sp³-hybridized carbons (Fsp3) is 0.867. The van der Waals surface area contributed by atoms with E-state index in [0.717, 1.165) is 57.9 Å². The molecule has 0 saturated carbocycles. The lowest BCUT2D eigenvalue weighted by atomic mass is 10.1. The van der Waals surface area contributed by atoms with Gasteiger partial charge in [0.2, 0.25) is 0 Å². The highest BCUT2D eigenvalue weighted by Gasteiger charge is 2.21. The van der Waals surface area contributed by atoms with Crippen molar-refractivity contribution in [2.45, 2.75) is 45.1 Å². The van der Waals surface area contributed by atoms with Crippen LogP contribution in [0, 0.1) is 0 Å². The van der Waals surface area contributed by atoms with Crippen molar-refractivity contribution in [3.63, 3.8) is 0 Å². The lowest BCUT2D eigenvalue weighted by Crippen LogP contribution is -2.47. The zero-order valence-electron chi connectivity index (χ0n) is 13.6. The van der Waals surface area contributed by atoms with Gasteiger partial charge in [-0.25, -0.2) is 0 Å². The molecule has 0 radical (unpaired) electrons. The molecule has 1 fully saturated rings. The third-order valence-corrected chi connectivity index (χ3v) is 3.67. The van der Waals surface area contributed by atoms with Gasteiger partial charge in [-0.2, -0.15) is 0 Å². The maximum Gasteiger partial charge on any atom is 0.305 e. The summed E-state index contributed by atoms with van der Waals surface area (Å²) < 4.78 is 10.3. The molecule has 0 aromatic rings. The minimum atomic E-state index is -0.141. The fourth-order valence-electron chi connectivity index (χ4n) is 2.50. The molecule has 6 heteroatoms. The van der Waals surface area contributed by atoms with Crippen molar-refractivity contribution in [1.82, 2.24) is 10.2 Å². The zero-order valence-corrected chi connectivity index (χ0v) is 13.6. The summed E-state index contributed by atoms with van der Waals surface area (Å²) in [4.78, 5) is 17.6. The number of aliphatic imine (C=N–C) groups is 1. The second kappa shape index (κ2) is 10.4. The zero-order chi connectivity index (χ0) is 15.5. The Hall–Kier alpha value is -1.30. The number of piperidine rings is 1. The van der Waals surface area contributed by atoms with Crippen molar-refractivity contribution in [3.8, 4) is 0 Å². The van der Waals surface area contributed by atoms with Crippen LogP contribution in [0.15, 0.2) is 4.99 Å². The van der Waals surface area contributed by atoms with Gasteiger partial charge in [-0.1, -0.05) is 0 Å². The molecular weight excluding hydrogens is 270 g/mol. The van der Waals surface area contributed by atoms with Crippen molar-refractivity contribution < 1.29 is 14.3 Å². The molecule has 1 N–H and O–H groups in total. The summed E-state index contributed by atoms with van der Waals surface area (Å²) in [7, 11) is 3.24. The first-order valence-corrected chi connectivity index (χ1v) is 7.85. The third-order valence-electron chi connectivity index (χ3n) is 3.67. The van der Waals surface area contributed by atoms with E-state index >= 15 is 0 Å². The monoisotopic (exact) mass is 299 g/mol. The predicted molar refractivity (Wildman–Crippen MR) is 83.4 cm³/mol. The minimum Gasteiger partial charge on any atom is -0.469 e. The molecule has 1 saturated heterocycles. The minimum absolute atomic E-state index is 0.141. The van der Waals surface area contributed by atoms with Crippen molar-refractivity contribution in [2.75, 3.05) is 40.4 Å². The molecule has 0 aliphatic carbocycles. The number of nitrogens with zero attached hydrogens (tertiary/aromatic N) is 2. The van der Waals surface area contributed by atoms with E-state index in [-0.39, 0.29) is 5.97 Å². The van der Waals surface area contributed by atoms with Crippen LogP contribution in [0.3, 0.4) is 0 Å². The average Bonchev–Trinajstić information content (AvgIpc) is 2.52. The molecule has 1 aliphatic rings. The summed E-state index contributed by atoms with van der Waals surface area (Å²) in [5.41, 5.74) is 0. The van der Waals surface area contributed by atoms with Crippen LogP contribution in [0.4, 0.5) is 0 Å². The van der Waals surface area contributed by atoms with E-state index in [4.69, 9.17) is 4.74 Å². The SMILES string of the molecule is CCOC1CCN(C(=NC)NCCCCC(=O)OC)CC1. The highest BCUT2D eigenvalue weighted by atomic mass is 16.5. The molecule has 0 spiro atoms. The summed E-state index contributed by atoms with van der Waals surface area (Å²) >= 11 is 0. The highest BCUT2D eigenvalue weighted by molar-refractivity contribution is 5.79. The number of rotatable bonds is 7. The number of carbonyl (C=O) groups excluding carboxylic acids is 1. The standard InChI is InChI=1S/C15H29N3O3/c1-4-21-13-8-11-18(12-9-13)15(16-2)17-10-6-5-7-14(19)20-3/h13H,4-12H2,1-3H3,(H,16,17). The number of ether oxygens (including phenoxy) is 2. The van der Waals surface area contributed by atoms with Crippen molar-refractivity contribution in [1.29, 1.82) is 0 Å². The van der Waals surface area contributed by atoms with Crippen LogP contribution in [-0.2, 0) is 14.3 Å². The summed E-state index contributed by atoms with van der Waals surface area (Å²) in [5.74, 6) is 0.806. The van der Waals surface area contributed by atoms with Gasteiger partial charge >= 0.3 is 5.97 Å². The quantitative estimate of drug-likeness (QED) is 0.333. The van der Waals surface area contributed by atoms with E-state index in [9.17, 15) is 4.79 Å². The normalized spacial score (nSPS) is 16.9. The molecule has 0 unspecified atom stereocenters. The molecule has 0 aromatic heterocycles. The van der Waals surface area contributed by atoms with Crippen molar-refractivity contribution in [2.24, 2.45) is 4.99 Å². The maximum atomic E-state index is 11.0. The second-order valence-corrected chi connectivity index (χ2v) is 5.15. The molecule has 0 atom stereocenters. The summed E-state index contributed by atoms with van der Waals surface area (Å²) in [6.07, 6.45) is 4.75. The lowest BCUT2D eigenvalue weighted by Gasteiger charge is -2.34. The first kappa shape index (κ1) is 17.8. The van der Waals surface area contributed by atoms with Crippen LogP contribution >= 0.6 is 0 Å². The number of carbonyl (C=O) groups is 1. The number of likely N-dealkylation sites (tertiary alicyclic amines) is 1. The number of nitrogens with one attached hydrogen (secondary N) is 1. The number of unbranched alkanes of at least 4 members (excludes halogenated alkanes) is 1. The number of hydrogen-bond acceptors (Lipinski definition) is 4. The molecule has 21 heavy (non-hydrogen) atoms.